The summed E-state index contributed by atoms with van der Waals surface area (Å²) in [6, 6.07) is 2.03. The molecule has 3 heterocycles. The van der Waals surface area contributed by atoms with Crippen LogP contribution in [0.5, 0.6) is 0 Å². The van der Waals surface area contributed by atoms with E-state index in [-0.39, 0.29) is 5.69 Å². The molecule has 0 radical (unpaired) electrons. The number of hydrogen-bond acceptors (Lipinski definition) is 6. The van der Waals surface area contributed by atoms with E-state index in [2.05, 4.69) is 30.5 Å². The molecule has 0 aliphatic heterocycles. The predicted molar refractivity (Wildman–Crippen MR) is 82.8 cm³/mol. The zero-order valence-corrected chi connectivity index (χ0v) is 12.5. The van der Waals surface area contributed by atoms with Crippen molar-refractivity contribution in [3.05, 3.63) is 33.6 Å². The van der Waals surface area contributed by atoms with Crippen LogP contribution in [0.15, 0.2) is 16.2 Å². The molecule has 7 nitrogen and oxygen atoms in total. The number of aromatic amines is 2. The number of aryl methyl sites for hydroxylation is 2. The monoisotopic (exact) mass is 304 g/mol. The molecule has 0 aliphatic carbocycles. The van der Waals surface area contributed by atoms with E-state index in [1.807, 2.05) is 18.4 Å². The van der Waals surface area contributed by atoms with Gasteiger partial charge in [0, 0.05) is 19.4 Å². The van der Waals surface area contributed by atoms with Crippen molar-refractivity contribution in [2.24, 2.45) is 0 Å². The molecule has 0 amide bonds. The fourth-order valence-corrected chi connectivity index (χ4v) is 2.86. The third-order valence-electron chi connectivity index (χ3n) is 3.12. The van der Waals surface area contributed by atoms with Crippen molar-refractivity contribution in [1.29, 1.82) is 0 Å². The van der Waals surface area contributed by atoms with E-state index in [1.54, 1.807) is 11.3 Å². The molecule has 0 saturated heterocycles. The number of nitrogens with one attached hydrogen (secondary N) is 3. The van der Waals surface area contributed by atoms with Crippen LogP contribution in [-0.4, -0.2) is 31.7 Å². The van der Waals surface area contributed by atoms with Crippen LogP contribution in [0.25, 0.3) is 10.2 Å². The fourth-order valence-electron chi connectivity index (χ4n) is 2.08. The fraction of sp³-hybridized carbons (Fsp3) is 0.385. The zero-order valence-electron chi connectivity index (χ0n) is 11.6. The highest BCUT2D eigenvalue weighted by molar-refractivity contribution is 7.16. The largest absolute Gasteiger partial charge is 0.369 e. The smallest absolute Gasteiger partial charge is 0.340 e. The highest BCUT2D eigenvalue weighted by Gasteiger charge is 2.07. The standard InChI is InChI=1S/C13H16N6OS/c1-2-9-15-11(8-5-7-21-12(8)16-9)14-6-3-4-10-17-13(20)19-18-10/h5,7H,2-4,6H2,1H3,(H,14,15,16)(H2,17,18,19,20). The van der Waals surface area contributed by atoms with Crippen LogP contribution in [-0.2, 0) is 12.8 Å². The summed E-state index contributed by atoms with van der Waals surface area (Å²) in [5.41, 5.74) is -0.263. The molecule has 0 bridgehead atoms. The van der Waals surface area contributed by atoms with E-state index in [0.29, 0.717) is 12.2 Å². The summed E-state index contributed by atoms with van der Waals surface area (Å²) in [6.45, 7) is 2.81. The van der Waals surface area contributed by atoms with Crippen molar-refractivity contribution < 1.29 is 0 Å². The quantitative estimate of drug-likeness (QED) is 0.602. The number of anilines is 1. The first kappa shape index (κ1) is 13.7. The van der Waals surface area contributed by atoms with Gasteiger partial charge in [0.15, 0.2) is 0 Å². The van der Waals surface area contributed by atoms with Crippen LogP contribution in [0.3, 0.4) is 0 Å². The predicted octanol–water partition coefficient (Wildman–Crippen LogP) is 1.71. The number of aromatic nitrogens is 5. The Hall–Kier alpha value is -2.22. The molecule has 0 fully saturated rings. The van der Waals surface area contributed by atoms with Crippen molar-refractivity contribution in [3.8, 4) is 0 Å². The summed E-state index contributed by atoms with van der Waals surface area (Å²) in [5, 5.41) is 12.7. The first-order valence-corrected chi connectivity index (χ1v) is 7.76. The van der Waals surface area contributed by atoms with Crippen molar-refractivity contribution >= 4 is 27.4 Å². The molecule has 0 saturated carbocycles. The molecule has 8 heteroatoms. The van der Waals surface area contributed by atoms with Crippen LogP contribution < -0.4 is 11.0 Å². The molecule has 0 spiro atoms. The topological polar surface area (TPSA) is 99.4 Å². The van der Waals surface area contributed by atoms with Gasteiger partial charge < -0.3 is 5.32 Å². The average Bonchev–Trinajstić information content (AvgIpc) is 3.11. The first-order chi connectivity index (χ1) is 10.3. The molecule has 0 atom stereocenters. The minimum atomic E-state index is -0.263. The van der Waals surface area contributed by atoms with Gasteiger partial charge in [-0.15, -0.1) is 11.3 Å². The summed E-state index contributed by atoms with van der Waals surface area (Å²) in [7, 11) is 0. The second-order valence-corrected chi connectivity index (χ2v) is 5.53. The molecule has 110 valence electrons. The van der Waals surface area contributed by atoms with Gasteiger partial charge >= 0.3 is 5.69 Å². The molecule has 21 heavy (non-hydrogen) atoms. The van der Waals surface area contributed by atoms with Crippen LogP contribution in [0, 0.1) is 0 Å². The van der Waals surface area contributed by atoms with Crippen molar-refractivity contribution in [2.45, 2.75) is 26.2 Å². The lowest BCUT2D eigenvalue weighted by Gasteiger charge is -2.07. The summed E-state index contributed by atoms with van der Waals surface area (Å²) in [6.07, 6.45) is 2.39. The molecular formula is C13H16N6OS. The summed E-state index contributed by atoms with van der Waals surface area (Å²) < 4.78 is 0. The number of hydrogen-bond donors (Lipinski definition) is 3. The normalized spacial score (nSPS) is 11.1. The number of rotatable bonds is 6. The third kappa shape index (κ3) is 3.10. The van der Waals surface area contributed by atoms with E-state index in [4.69, 9.17) is 0 Å². The summed E-state index contributed by atoms with van der Waals surface area (Å²) >= 11 is 1.62. The Balaban J connectivity index is 1.64. The van der Waals surface area contributed by atoms with Gasteiger partial charge in [-0.3, -0.25) is 4.98 Å². The molecule has 0 aromatic carbocycles. The molecule has 3 N–H and O–H groups in total. The second kappa shape index (κ2) is 6.04. The van der Waals surface area contributed by atoms with Gasteiger partial charge in [-0.2, -0.15) is 5.10 Å². The maximum atomic E-state index is 10.9. The molecule has 3 aromatic heterocycles. The Kier molecular flexibility index (Phi) is 3.96. The van der Waals surface area contributed by atoms with E-state index < -0.39 is 0 Å². The minimum Gasteiger partial charge on any atom is -0.369 e. The Morgan fingerprint density at radius 2 is 2.29 bits per heavy atom. The van der Waals surface area contributed by atoms with E-state index in [9.17, 15) is 4.79 Å². The van der Waals surface area contributed by atoms with Crippen LogP contribution in [0.4, 0.5) is 5.82 Å². The number of nitrogens with zero attached hydrogens (tertiary/aromatic N) is 3. The van der Waals surface area contributed by atoms with Crippen LogP contribution in [0.2, 0.25) is 0 Å². The lowest BCUT2D eigenvalue weighted by atomic mass is 10.3. The lowest BCUT2D eigenvalue weighted by Crippen LogP contribution is -2.07. The highest BCUT2D eigenvalue weighted by Crippen LogP contribution is 2.25. The van der Waals surface area contributed by atoms with E-state index in [0.717, 1.165) is 41.2 Å². The first-order valence-electron chi connectivity index (χ1n) is 6.88. The van der Waals surface area contributed by atoms with Crippen LogP contribution in [0.1, 0.15) is 25.0 Å². The Morgan fingerprint density at radius 3 is 3.05 bits per heavy atom. The maximum Gasteiger partial charge on any atom is 0.340 e. The van der Waals surface area contributed by atoms with E-state index >= 15 is 0 Å². The average molecular weight is 304 g/mol. The number of thiophene rings is 1. The van der Waals surface area contributed by atoms with Crippen molar-refractivity contribution in [2.75, 3.05) is 11.9 Å². The van der Waals surface area contributed by atoms with E-state index in [1.165, 1.54) is 0 Å². The molecule has 0 aliphatic rings. The van der Waals surface area contributed by atoms with Gasteiger partial charge in [0.05, 0.1) is 5.39 Å². The van der Waals surface area contributed by atoms with Gasteiger partial charge in [-0.1, -0.05) is 6.92 Å². The summed E-state index contributed by atoms with van der Waals surface area (Å²) in [5.74, 6) is 2.41. The number of H-pyrrole nitrogens is 2. The van der Waals surface area contributed by atoms with Crippen molar-refractivity contribution in [3.63, 3.8) is 0 Å². The Labute approximate surface area is 124 Å². The SMILES string of the molecule is CCc1nc(NCCCc2n[nH]c(=O)[nH]2)c2ccsc2n1. The molecule has 0 unspecified atom stereocenters. The molecular weight excluding hydrogens is 288 g/mol. The van der Waals surface area contributed by atoms with Gasteiger partial charge in [0.2, 0.25) is 0 Å². The van der Waals surface area contributed by atoms with Gasteiger partial charge in [-0.05, 0) is 17.9 Å². The number of fused-ring (bicyclic) bond motifs is 1. The Morgan fingerprint density at radius 1 is 1.38 bits per heavy atom. The second-order valence-electron chi connectivity index (χ2n) is 4.64. The third-order valence-corrected chi connectivity index (χ3v) is 3.93. The van der Waals surface area contributed by atoms with Crippen LogP contribution >= 0.6 is 11.3 Å². The van der Waals surface area contributed by atoms with Gasteiger partial charge in [0.25, 0.3) is 0 Å². The zero-order chi connectivity index (χ0) is 14.7. The summed E-state index contributed by atoms with van der Waals surface area (Å²) in [4.78, 5) is 23.6. The Bertz CT molecular complexity index is 789. The minimum absolute atomic E-state index is 0.263. The molecule has 3 aromatic rings. The van der Waals surface area contributed by atoms with Gasteiger partial charge in [-0.25, -0.2) is 19.9 Å². The molecule has 3 rings (SSSR count). The maximum absolute atomic E-state index is 10.9. The van der Waals surface area contributed by atoms with Crippen molar-refractivity contribution in [1.82, 2.24) is 25.1 Å². The van der Waals surface area contributed by atoms with Gasteiger partial charge in [0.1, 0.15) is 22.3 Å². The highest BCUT2D eigenvalue weighted by atomic mass is 32.1. The lowest BCUT2D eigenvalue weighted by molar-refractivity contribution is 0.802.